The van der Waals surface area contributed by atoms with Crippen LogP contribution in [0.15, 0.2) is 0 Å². The monoisotopic (exact) mass is 194 g/mol. The van der Waals surface area contributed by atoms with E-state index in [1.807, 2.05) is 0 Å². The van der Waals surface area contributed by atoms with Gasteiger partial charge in [-0.25, -0.2) is 4.21 Å². The normalized spacial score (nSPS) is 23.4. The Bertz CT molecular complexity index is 194. The van der Waals surface area contributed by atoms with Crippen molar-refractivity contribution in [3.63, 3.8) is 0 Å². The molecule has 0 bridgehead atoms. The summed E-state index contributed by atoms with van der Waals surface area (Å²) in [4.78, 5) is 3.82. The summed E-state index contributed by atoms with van der Waals surface area (Å²) in [5.74, 6) is 0. The lowest BCUT2D eigenvalue weighted by atomic mass is 15.9. The van der Waals surface area contributed by atoms with Crippen molar-refractivity contribution in [3.05, 3.63) is 0 Å². The molecule has 1 atom stereocenters. The number of thiol groups is 1. The molecule has 0 aromatic heterocycles. The summed E-state index contributed by atoms with van der Waals surface area (Å²) in [7, 11) is -2.51. The van der Waals surface area contributed by atoms with Gasteiger partial charge in [0.2, 0.25) is 1.43 Å². The van der Waals surface area contributed by atoms with E-state index >= 15 is 0 Å². The molecule has 0 aliphatic carbocycles. The minimum absolute atomic E-state index is 0.0278. The predicted molar refractivity (Wildman–Crippen MR) is 40.6 cm³/mol. The van der Waals surface area contributed by atoms with Gasteiger partial charge in [0.25, 0.3) is 0 Å². The molecule has 42 valence electrons. The Morgan fingerprint density at radius 3 is 3.14 bits per heavy atom. The number of hydrogen-bond acceptors (Lipinski definition) is 4. The molecular formula is H2O2P2S3. The summed E-state index contributed by atoms with van der Waals surface area (Å²) >= 11 is 4.84. The van der Waals surface area contributed by atoms with Gasteiger partial charge in [-0.2, -0.15) is 0 Å². The van der Waals surface area contributed by atoms with Crippen LogP contribution in [0.3, 0.4) is 0 Å². The first-order valence-electron chi connectivity index (χ1n) is 1.88. The molecule has 7 heteroatoms. The molecule has 0 rings (SSSR count). The van der Waals surface area contributed by atoms with Crippen molar-refractivity contribution >= 4 is 45.3 Å². The Hall–Kier alpha value is 1.28. The Kier molecular flexibility index (Phi) is 2.43. The van der Waals surface area contributed by atoms with Crippen LogP contribution < -0.4 is 0 Å². The zero-order chi connectivity index (χ0) is 7.33. The molecule has 0 aromatic rings. The summed E-state index contributed by atoms with van der Waals surface area (Å²) < 4.78 is 23.8. The molecule has 0 radical (unpaired) electrons. The molecule has 0 saturated carbocycles. The minimum atomic E-state index is -2.48. The molecule has 0 fully saturated rings. The highest BCUT2D eigenvalue weighted by atomic mass is 33.5. The van der Waals surface area contributed by atoms with Crippen molar-refractivity contribution < 1.29 is 9.10 Å². The molecule has 0 amide bonds. The number of hydrogen-bond donors (Lipinski definition) is 2. The van der Waals surface area contributed by atoms with Gasteiger partial charge >= 0.3 is 0 Å². The Labute approximate surface area is 57.2 Å². The van der Waals surface area contributed by atoms with Crippen LogP contribution in [-0.4, -0.2) is 11.7 Å². The Morgan fingerprint density at radius 2 is 3.00 bits per heavy atom. The van der Waals surface area contributed by atoms with E-state index in [1.54, 1.807) is 0 Å². The molecule has 0 heterocycles. The Balaban J connectivity index is 4.48. The largest absolute Gasteiger partial charge is 0.334 e. The van der Waals surface area contributed by atoms with Gasteiger partial charge < -0.3 is 4.90 Å². The van der Waals surface area contributed by atoms with Gasteiger partial charge in [0.15, 0.2) is 0 Å². The molecule has 0 aromatic carbocycles. The van der Waals surface area contributed by atoms with Crippen LogP contribution in [-0.2, 0) is 19.6 Å². The third-order valence-corrected chi connectivity index (χ3v) is 7.98. The molecule has 0 spiro atoms. The van der Waals surface area contributed by atoms with Crippen molar-refractivity contribution in [2.45, 2.75) is 0 Å². The summed E-state index contributed by atoms with van der Waals surface area (Å²) in [6.07, 6.45) is 0. The van der Waals surface area contributed by atoms with E-state index in [0.717, 1.165) is 0 Å². The van der Waals surface area contributed by atoms with Crippen molar-refractivity contribution in [3.8, 4) is 0 Å². The SMILES string of the molecule is [2H]OP=S(=O)(P=S)S[2H]. The molecule has 2 nitrogen and oxygen atoms in total. The second kappa shape index (κ2) is 3.33. The smallest absolute Gasteiger partial charge is 0.224 e. The van der Waals surface area contributed by atoms with Crippen LogP contribution in [0.2, 0.25) is 0 Å². The second-order valence-electron chi connectivity index (χ2n) is 0.597. The fourth-order valence-corrected chi connectivity index (χ4v) is 1.10. The zero-order valence-electron chi connectivity index (χ0n) is 4.94. The van der Waals surface area contributed by atoms with Crippen LogP contribution in [0.1, 0.15) is 0 Å². The van der Waals surface area contributed by atoms with Gasteiger partial charge in [-0.05, 0) is 11.8 Å². The lowest BCUT2D eigenvalue weighted by Gasteiger charge is -1.80. The molecule has 1 unspecified atom stereocenters. The summed E-state index contributed by atoms with van der Waals surface area (Å²) in [6, 6.07) is 0. The molecular weight excluding hydrogens is 190 g/mol. The van der Waals surface area contributed by atoms with E-state index in [2.05, 4.69) is 16.7 Å². The Morgan fingerprint density at radius 1 is 2.29 bits per heavy atom. The van der Waals surface area contributed by atoms with E-state index in [9.17, 15) is 4.21 Å². The van der Waals surface area contributed by atoms with Crippen molar-refractivity contribution in [1.29, 1.82) is 2.55 Å². The average Bonchev–Trinajstić information content (AvgIpc) is 1.89. The number of rotatable bonds is 3. The average molecular weight is 194 g/mol. The maximum atomic E-state index is 10.9. The zero-order valence-corrected chi connectivity index (χ0v) is 7.17. The quantitative estimate of drug-likeness (QED) is 0.403. The summed E-state index contributed by atoms with van der Waals surface area (Å²) in [5, 5.41) is 0. The summed E-state index contributed by atoms with van der Waals surface area (Å²) in [6.45, 7) is 0.182. The predicted octanol–water partition coefficient (Wildman–Crippen LogP) is 1.21. The lowest BCUT2D eigenvalue weighted by Crippen LogP contribution is -1.60. The van der Waals surface area contributed by atoms with Gasteiger partial charge in [-0.1, -0.05) is 11.6 Å². The first-order valence-corrected chi connectivity index (χ1v) is 7.48. The molecule has 0 aliphatic rings. The molecule has 0 aliphatic heterocycles. The summed E-state index contributed by atoms with van der Waals surface area (Å²) in [5.41, 5.74) is 0. The first-order chi connectivity index (χ1) is 4.18. The van der Waals surface area contributed by atoms with Gasteiger partial charge in [-0.15, -0.1) is 0 Å². The standard InChI is InChI=1S/H2O2P2S3/c1-3-7(2,6)4-5/h1H,(H,2,6)/i/hD2. The maximum Gasteiger partial charge on any atom is 0.224 e. The van der Waals surface area contributed by atoms with Gasteiger partial charge in [0.1, 0.15) is 16.5 Å². The van der Waals surface area contributed by atoms with Gasteiger partial charge in [0, 0.05) is 0 Å². The molecule has 7 heavy (non-hydrogen) atoms. The highest BCUT2D eigenvalue weighted by Crippen LogP contribution is 2.23. The minimum Gasteiger partial charge on any atom is -0.334 e. The topological polar surface area (TPSA) is 37.3 Å². The maximum absolute atomic E-state index is 10.9. The van der Waals surface area contributed by atoms with Crippen molar-refractivity contribution in [2.75, 3.05) is 0 Å². The molecule has 1 N–H and O–H groups in total. The van der Waals surface area contributed by atoms with Crippen LogP contribution in [0.25, 0.3) is 0 Å². The van der Waals surface area contributed by atoms with Crippen LogP contribution in [0.5, 0.6) is 0 Å². The van der Waals surface area contributed by atoms with E-state index < -0.39 is 7.76 Å². The fraction of sp³-hybridized carbons (Fsp3) is 0. The van der Waals surface area contributed by atoms with E-state index in [-0.39, 0.29) is 14.1 Å². The third-order valence-electron chi connectivity index (χ3n) is 0.188. The van der Waals surface area contributed by atoms with Gasteiger partial charge in [0.05, 0.1) is 6.56 Å². The van der Waals surface area contributed by atoms with Crippen molar-refractivity contribution in [2.24, 2.45) is 0 Å². The van der Waals surface area contributed by atoms with E-state index in [0.29, 0.717) is 11.6 Å². The molecule has 0 saturated heterocycles. The van der Waals surface area contributed by atoms with Crippen LogP contribution in [0.4, 0.5) is 0 Å². The van der Waals surface area contributed by atoms with Crippen LogP contribution >= 0.6 is 25.7 Å². The van der Waals surface area contributed by atoms with Crippen molar-refractivity contribution in [1.82, 2.24) is 0 Å². The lowest BCUT2D eigenvalue weighted by molar-refractivity contribution is 0.658. The van der Waals surface area contributed by atoms with E-state index in [4.69, 9.17) is 2.55 Å². The van der Waals surface area contributed by atoms with Crippen LogP contribution in [0, 0.1) is 0 Å². The second-order valence-corrected chi connectivity index (χ2v) is 10.9. The van der Waals surface area contributed by atoms with Gasteiger partial charge in [-0.3, -0.25) is 0 Å². The third kappa shape index (κ3) is 3.83. The van der Waals surface area contributed by atoms with E-state index in [1.165, 1.54) is 0 Å². The highest BCUT2D eigenvalue weighted by molar-refractivity contribution is 8.98. The highest BCUT2D eigenvalue weighted by Gasteiger charge is 1.90. The first kappa shape index (κ1) is 5.10. The fourth-order valence-electron chi connectivity index (χ4n) is 0.0136.